The van der Waals surface area contributed by atoms with Crippen LogP contribution >= 0.6 is 0 Å². The van der Waals surface area contributed by atoms with Crippen LogP contribution in [0.15, 0.2) is 48.7 Å². The minimum Gasteiger partial charge on any atom is -0.475 e. The molecule has 9 heteroatoms. The number of anilines is 1. The molecule has 1 aromatic carbocycles. The van der Waals surface area contributed by atoms with Gasteiger partial charge in [-0.05, 0) is 44.5 Å². The predicted octanol–water partition coefficient (Wildman–Crippen LogP) is 3.48. The summed E-state index contributed by atoms with van der Waals surface area (Å²) < 4.78 is 11.5. The van der Waals surface area contributed by atoms with Gasteiger partial charge in [0.25, 0.3) is 11.8 Å². The van der Waals surface area contributed by atoms with E-state index in [9.17, 15) is 9.59 Å². The third-order valence-corrected chi connectivity index (χ3v) is 4.61. The fourth-order valence-corrected chi connectivity index (χ4v) is 2.97. The monoisotopic (exact) mass is 421 g/mol. The number of aromatic amines is 1. The van der Waals surface area contributed by atoms with E-state index in [1.165, 1.54) is 6.07 Å². The first-order valence-electron chi connectivity index (χ1n) is 10.0. The summed E-state index contributed by atoms with van der Waals surface area (Å²) in [6.07, 6.45) is 2.53. The summed E-state index contributed by atoms with van der Waals surface area (Å²) >= 11 is 0. The van der Waals surface area contributed by atoms with Crippen LogP contribution in [0.3, 0.4) is 0 Å². The van der Waals surface area contributed by atoms with Gasteiger partial charge in [0.1, 0.15) is 5.75 Å². The van der Waals surface area contributed by atoms with Crippen molar-refractivity contribution in [1.82, 2.24) is 20.1 Å². The highest BCUT2D eigenvalue weighted by molar-refractivity contribution is 6.04. The highest BCUT2D eigenvalue weighted by Gasteiger charge is 2.21. The average molecular weight is 421 g/mol. The Morgan fingerprint density at radius 2 is 1.81 bits per heavy atom. The van der Waals surface area contributed by atoms with E-state index < -0.39 is 0 Å². The van der Waals surface area contributed by atoms with E-state index in [0.29, 0.717) is 22.7 Å². The van der Waals surface area contributed by atoms with E-state index >= 15 is 0 Å². The third kappa shape index (κ3) is 5.00. The van der Waals surface area contributed by atoms with Gasteiger partial charge >= 0.3 is 0 Å². The topological polar surface area (TPSA) is 109 Å². The lowest BCUT2D eigenvalue weighted by molar-refractivity contribution is 0.0651. The van der Waals surface area contributed by atoms with Crippen molar-refractivity contribution in [3.8, 4) is 17.5 Å². The lowest BCUT2D eigenvalue weighted by atomic mass is 10.1. The Morgan fingerprint density at radius 1 is 1.06 bits per heavy atom. The van der Waals surface area contributed by atoms with E-state index in [0.717, 1.165) is 19.5 Å². The highest BCUT2D eigenvalue weighted by Crippen LogP contribution is 2.26. The number of H-pyrrole nitrogens is 1. The minimum absolute atomic E-state index is 0.0144. The molecular weight excluding hydrogens is 398 g/mol. The Labute approximate surface area is 179 Å². The Kier molecular flexibility index (Phi) is 5.83. The number of ether oxygens (including phenoxy) is 2. The molecule has 1 aliphatic rings. The van der Waals surface area contributed by atoms with Gasteiger partial charge in [0, 0.05) is 43.0 Å². The number of likely N-dealkylation sites (tertiary alicyclic amines) is 1. The molecule has 3 aromatic rings. The molecule has 1 aliphatic heterocycles. The number of hydrogen-bond acceptors (Lipinski definition) is 6. The molecule has 2 amide bonds. The summed E-state index contributed by atoms with van der Waals surface area (Å²) in [6.45, 7) is 5.33. The van der Waals surface area contributed by atoms with Crippen LogP contribution in [0.25, 0.3) is 0 Å². The van der Waals surface area contributed by atoms with Crippen LogP contribution in [0.2, 0.25) is 0 Å². The predicted molar refractivity (Wildman–Crippen MR) is 114 cm³/mol. The van der Waals surface area contributed by atoms with Crippen molar-refractivity contribution in [2.75, 3.05) is 18.4 Å². The molecule has 2 N–H and O–H groups in total. The normalized spacial score (nSPS) is 12.9. The number of hydrogen-bond donors (Lipinski definition) is 2. The highest BCUT2D eigenvalue weighted by atomic mass is 16.5. The summed E-state index contributed by atoms with van der Waals surface area (Å²) in [5.74, 6) is 1.01. The SMILES string of the molecule is CC(C)Oc1cc(C(=O)Nc2cc[nH]n2)cc(Oc2ccc(C(=O)N3CCC3)cc2)n1. The fraction of sp³-hybridized carbons (Fsp3) is 0.273. The smallest absolute Gasteiger partial charge is 0.257 e. The van der Waals surface area contributed by atoms with Gasteiger partial charge in [0.15, 0.2) is 5.82 Å². The maximum atomic E-state index is 12.6. The van der Waals surface area contributed by atoms with Gasteiger partial charge < -0.3 is 19.7 Å². The summed E-state index contributed by atoms with van der Waals surface area (Å²) in [4.78, 5) is 31.1. The van der Waals surface area contributed by atoms with Gasteiger partial charge in [0.2, 0.25) is 11.8 Å². The minimum atomic E-state index is -0.372. The molecule has 0 atom stereocenters. The maximum Gasteiger partial charge on any atom is 0.257 e. The molecule has 0 radical (unpaired) electrons. The van der Waals surface area contributed by atoms with Crippen molar-refractivity contribution in [1.29, 1.82) is 0 Å². The van der Waals surface area contributed by atoms with Gasteiger partial charge in [0.05, 0.1) is 11.7 Å². The van der Waals surface area contributed by atoms with Crippen LogP contribution in [0, 0.1) is 0 Å². The molecular formula is C22H23N5O4. The van der Waals surface area contributed by atoms with E-state index in [-0.39, 0.29) is 29.7 Å². The lowest BCUT2D eigenvalue weighted by Gasteiger charge is -2.30. The second-order valence-corrected chi connectivity index (χ2v) is 7.38. The summed E-state index contributed by atoms with van der Waals surface area (Å²) in [6, 6.07) is 11.6. The Morgan fingerprint density at radius 3 is 2.42 bits per heavy atom. The Hall–Kier alpha value is -3.88. The zero-order chi connectivity index (χ0) is 21.8. The lowest BCUT2D eigenvalue weighted by Crippen LogP contribution is -2.41. The molecule has 0 saturated carbocycles. The molecule has 3 heterocycles. The molecule has 31 heavy (non-hydrogen) atoms. The van der Waals surface area contributed by atoms with E-state index in [1.807, 2.05) is 13.8 Å². The van der Waals surface area contributed by atoms with Crippen molar-refractivity contribution in [2.45, 2.75) is 26.4 Å². The Bertz CT molecular complexity index is 1060. The molecule has 0 bridgehead atoms. The molecule has 160 valence electrons. The largest absolute Gasteiger partial charge is 0.475 e. The average Bonchev–Trinajstić information content (AvgIpc) is 3.19. The maximum absolute atomic E-state index is 12.6. The number of pyridine rings is 1. The van der Waals surface area contributed by atoms with Crippen molar-refractivity contribution >= 4 is 17.6 Å². The quantitative estimate of drug-likeness (QED) is 0.604. The first kappa shape index (κ1) is 20.4. The molecule has 4 rings (SSSR count). The number of aromatic nitrogens is 3. The molecule has 2 aromatic heterocycles. The van der Waals surface area contributed by atoms with E-state index in [2.05, 4.69) is 20.5 Å². The first-order chi connectivity index (χ1) is 15.0. The molecule has 1 saturated heterocycles. The van der Waals surface area contributed by atoms with Crippen LogP contribution in [-0.2, 0) is 0 Å². The summed E-state index contributed by atoms with van der Waals surface area (Å²) in [5.41, 5.74) is 0.921. The number of benzene rings is 1. The van der Waals surface area contributed by atoms with Crippen molar-refractivity contribution in [3.05, 3.63) is 59.8 Å². The number of amides is 2. The van der Waals surface area contributed by atoms with Crippen molar-refractivity contribution in [2.24, 2.45) is 0 Å². The second-order valence-electron chi connectivity index (χ2n) is 7.38. The molecule has 0 unspecified atom stereocenters. The number of nitrogens with one attached hydrogen (secondary N) is 2. The molecule has 0 aliphatic carbocycles. The van der Waals surface area contributed by atoms with Gasteiger partial charge in [-0.3, -0.25) is 14.7 Å². The van der Waals surface area contributed by atoms with Gasteiger partial charge in [-0.2, -0.15) is 10.1 Å². The van der Waals surface area contributed by atoms with E-state index in [1.54, 1.807) is 47.5 Å². The zero-order valence-corrected chi connectivity index (χ0v) is 17.3. The van der Waals surface area contributed by atoms with Crippen LogP contribution < -0.4 is 14.8 Å². The van der Waals surface area contributed by atoms with Gasteiger partial charge in [-0.1, -0.05) is 0 Å². The second kappa shape index (κ2) is 8.86. The first-order valence-corrected chi connectivity index (χ1v) is 10.0. The number of nitrogens with zero attached hydrogens (tertiary/aromatic N) is 3. The molecule has 1 fully saturated rings. The van der Waals surface area contributed by atoms with Crippen LogP contribution in [0.5, 0.6) is 17.5 Å². The van der Waals surface area contributed by atoms with Crippen molar-refractivity contribution < 1.29 is 19.1 Å². The number of rotatable bonds is 7. The fourth-order valence-electron chi connectivity index (χ4n) is 2.97. The third-order valence-electron chi connectivity index (χ3n) is 4.61. The Balaban J connectivity index is 1.53. The molecule has 9 nitrogen and oxygen atoms in total. The van der Waals surface area contributed by atoms with Gasteiger partial charge in [-0.15, -0.1) is 0 Å². The zero-order valence-electron chi connectivity index (χ0n) is 17.3. The van der Waals surface area contributed by atoms with E-state index in [4.69, 9.17) is 9.47 Å². The van der Waals surface area contributed by atoms with Crippen LogP contribution in [0.1, 0.15) is 41.0 Å². The molecule has 0 spiro atoms. The van der Waals surface area contributed by atoms with Crippen molar-refractivity contribution in [3.63, 3.8) is 0 Å². The van der Waals surface area contributed by atoms with Gasteiger partial charge in [-0.25, -0.2) is 0 Å². The number of carbonyl (C=O) groups excluding carboxylic acids is 2. The summed E-state index contributed by atoms with van der Waals surface area (Å²) in [7, 11) is 0. The van der Waals surface area contributed by atoms with Crippen LogP contribution in [-0.4, -0.2) is 51.1 Å². The van der Waals surface area contributed by atoms with Crippen LogP contribution in [0.4, 0.5) is 5.82 Å². The number of carbonyl (C=O) groups is 2. The standard InChI is InChI=1S/C22H23N5O4/c1-14(2)30-19-12-16(21(28)24-18-8-9-23-26-18)13-20(25-19)31-17-6-4-15(5-7-17)22(29)27-10-3-11-27/h4-9,12-14H,3,10-11H2,1-2H3,(H2,23,24,26,28). The summed E-state index contributed by atoms with van der Waals surface area (Å²) in [5, 5.41) is 9.25.